The SMILES string of the molecule is Cc1cccc(C(=O)NCCNS(=O)(=O)c2cccc([N+](=O)[O-])c2)c1NC(=O)c1ccncc1. The Hall–Kier alpha value is -4.16. The molecule has 1 heterocycles. The van der Waals surface area contributed by atoms with E-state index in [4.69, 9.17) is 0 Å². The fourth-order valence-electron chi connectivity index (χ4n) is 3.02. The molecular weight excluding hydrogens is 462 g/mol. The predicted molar refractivity (Wildman–Crippen MR) is 124 cm³/mol. The fourth-order valence-corrected chi connectivity index (χ4v) is 4.09. The Bertz CT molecular complexity index is 1330. The lowest BCUT2D eigenvalue weighted by Gasteiger charge is -2.14. The lowest BCUT2D eigenvalue weighted by molar-refractivity contribution is -0.385. The number of sulfonamides is 1. The Morgan fingerprint density at radius 1 is 1.00 bits per heavy atom. The van der Waals surface area contributed by atoms with Crippen LogP contribution in [-0.2, 0) is 10.0 Å². The second kappa shape index (κ2) is 10.6. The van der Waals surface area contributed by atoms with E-state index in [1.165, 1.54) is 36.7 Å². The predicted octanol–water partition coefficient (Wildman–Crippen LogP) is 2.26. The number of carbonyl (C=O) groups is 2. The van der Waals surface area contributed by atoms with Crippen molar-refractivity contribution in [2.75, 3.05) is 18.4 Å². The first-order valence-corrected chi connectivity index (χ1v) is 11.5. The second-order valence-electron chi connectivity index (χ2n) is 7.10. The fraction of sp³-hybridized carbons (Fsp3) is 0.136. The van der Waals surface area contributed by atoms with E-state index in [2.05, 4.69) is 20.3 Å². The highest BCUT2D eigenvalue weighted by molar-refractivity contribution is 7.89. The lowest BCUT2D eigenvalue weighted by Crippen LogP contribution is -2.35. The van der Waals surface area contributed by atoms with E-state index in [0.29, 0.717) is 16.8 Å². The third-order valence-electron chi connectivity index (χ3n) is 4.74. The van der Waals surface area contributed by atoms with Crippen molar-refractivity contribution < 1.29 is 22.9 Å². The molecule has 0 spiro atoms. The number of benzene rings is 2. The molecule has 0 aliphatic carbocycles. The van der Waals surface area contributed by atoms with Gasteiger partial charge < -0.3 is 10.6 Å². The summed E-state index contributed by atoms with van der Waals surface area (Å²) < 4.78 is 27.0. The van der Waals surface area contributed by atoms with Crippen LogP contribution in [0.2, 0.25) is 0 Å². The van der Waals surface area contributed by atoms with E-state index in [9.17, 15) is 28.1 Å². The molecule has 176 valence electrons. The molecule has 0 fully saturated rings. The number of nitro groups is 1. The van der Waals surface area contributed by atoms with E-state index in [1.54, 1.807) is 31.2 Å². The van der Waals surface area contributed by atoms with Crippen LogP contribution in [0, 0.1) is 17.0 Å². The number of hydrogen-bond donors (Lipinski definition) is 3. The molecule has 3 rings (SSSR count). The van der Waals surface area contributed by atoms with E-state index in [0.717, 1.165) is 6.07 Å². The van der Waals surface area contributed by atoms with Crippen LogP contribution in [0.15, 0.2) is 71.9 Å². The van der Waals surface area contributed by atoms with Crippen molar-refractivity contribution in [3.05, 3.63) is 93.8 Å². The number of amides is 2. The first kappa shape index (κ1) is 24.5. The smallest absolute Gasteiger partial charge is 0.270 e. The third kappa shape index (κ3) is 5.99. The van der Waals surface area contributed by atoms with Gasteiger partial charge in [0.1, 0.15) is 0 Å². The number of carbonyl (C=O) groups excluding carboxylic acids is 2. The topological polar surface area (TPSA) is 160 Å². The minimum atomic E-state index is -4.01. The monoisotopic (exact) mass is 483 g/mol. The summed E-state index contributed by atoms with van der Waals surface area (Å²) in [5, 5.41) is 16.2. The van der Waals surface area contributed by atoms with Gasteiger partial charge in [0, 0.05) is 43.2 Å². The number of rotatable bonds is 9. The number of anilines is 1. The van der Waals surface area contributed by atoms with E-state index in [1.807, 2.05) is 0 Å². The van der Waals surface area contributed by atoms with Crippen LogP contribution in [0.1, 0.15) is 26.3 Å². The molecule has 0 unspecified atom stereocenters. The van der Waals surface area contributed by atoms with Gasteiger partial charge >= 0.3 is 0 Å². The average molecular weight is 484 g/mol. The van der Waals surface area contributed by atoms with Gasteiger partial charge in [0.25, 0.3) is 17.5 Å². The van der Waals surface area contributed by atoms with Gasteiger partial charge in [0.05, 0.1) is 21.1 Å². The molecule has 0 saturated heterocycles. The molecule has 0 atom stereocenters. The number of hydrogen-bond acceptors (Lipinski definition) is 7. The number of aromatic nitrogens is 1. The minimum absolute atomic E-state index is 0.0569. The molecule has 3 aromatic rings. The number of pyridine rings is 1. The quantitative estimate of drug-likeness (QED) is 0.239. The van der Waals surface area contributed by atoms with Crippen LogP contribution in [0.5, 0.6) is 0 Å². The van der Waals surface area contributed by atoms with Crippen LogP contribution in [0.3, 0.4) is 0 Å². The maximum atomic E-state index is 12.7. The van der Waals surface area contributed by atoms with Crippen molar-refractivity contribution in [2.45, 2.75) is 11.8 Å². The molecule has 0 aliphatic rings. The molecule has 0 saturated carbocycles. The van der Waals surface area contributed by atoms with Gasteiger partial charge in [-0.25, -0.2) is 13.1 Å². The molecule has 2 amide bonds. The summed E-state index contributed by atoms with van der Waals surface area (Å²) in [5.74, 6) is -0.918. The summed E-state index contributed by atoms with van der Waals surface area (Å²) in [6, 6.07) is 12.7. The zero-order chi connectivity index (χ0) is 24.7. The van der Waals surface area contributed by atoms with Crippen molar-refractivity contribution >= 4 is 33.2 Å². The number of para-hydroxylation sites is 1. The molecule has 2 aromatic carbocycles. The van der Waals surface area contributed by atoms with Crippen LogP contribution >= 0.6 is 0 Å². The zero-order valence-corrected chi connectivity index (χ0v) is 18.8. The number of nitrogens with one attached hydrogen (secondary N) is 3. The first-order valence-electron chi connectivity index (χ1n) is 10.0. The number of nitrogens with zero attached hydrogens (tertiary/aromatic N) is 2. The summed E-state index contributed by atoms with van der Waals surface area (Å²) in [4.78, 5) is 39.0. The summed E-state index contributed by atoms with van der Waals surface area (Å²) in [5.41, 5.74) is 1.24. The van der Waals surface area contributed by atoms with Gasteiger partial charge in [-0.1, -0.05) is 18.2 Å². The maximum absolute atomic E-state index is 12.7. The Morgan fingerprint density at radius 2 is 1.71 bits per heavy atom. The van der Waals surface area contributed by atoms with Crippen LogP contribution in [0.25, 0.3) is 0 Å². The van der Waals surface area contributed by atoms with Gasteiger partial charge in [0.2, 0.25) is 10.0 Å². The highest BCUT2D eigenvalue weighted by Gasteiger charge is 2.19. The molecule has 34 heavy (non-hydrogen) atoms. The first-order chi connectivity index (χ1) is 16.2. The number of aryl methyl sites for hydroxylation is 1. The Kier molecular flexibility index (Phi) is 7.66. The van der Waals surface area contributed by atoms with Crippen LogP contribution < -0.4 is 15.4 Å². The van der Waals surface area contributed by atoms with Crippen molar-refractivity contribution in [3.8, 4) is 0 Å². The summed E-state index contributed by atoms with van der Waals surface area (Å²) in [6.07, 6.45) is 2.96. The van der Waals surface area contributed by atoms with Gasteiger partial charge in [-0.3, -0.25) is 24.7 Å². The van der Waals surface area contributed by atoms with Crippen LogP contribution in [0.4, 0.5) is 11.4 Å². The molecule has 12 heteroatoms. The van der Waals surface area contributed by atoms with Crippen molar-refractivity contribution in [2.24, 2.45) is 0 Å². The summed E-state index contributed by atoms with van der Waals surface area (Å²) in [6.45, 7) is 1.53. The molecular formula is C22H21N5O6S. The van der Waals surface area contributed by atoms with Gasteiger partial charge in [-0.2, -0.15) is 0 Å². The standard InChI is InChI=1S/C22H21N5O6S/c1-15-4-2-7-19(20(15)26-21(28)16-8-10-23-11-9-16)22(29)24-12-13-25-34(32,33)18-6-3-5-17(14-18)27(30)31/h2-11,14,25H,12-13H2,1H3,(H,24,29)(H,26,28). The van der Waals surface area contributed by atoms with Crippen molar-refractivity contribution in [3.63, 3.8) is 0 Å². The Labute approximate surface area is 195 Å². The van der Waals surface area contributed by atoms with Gasteiger partial charge in [-0.15, -0.1) is 0 Å². The molecule has 0 radical (unpaired) electrons. The normalized spacial score (nSPS) is 11.0. The Balaban J connectivity index is 1.63. The van der Waals surface area contributed by atoms with E-state index in [-0.39, 0.29) is 29.2 Å². The number of nitro benzene ring substituents is 1. The second-order valence-corrected chi connectivity index (χ2v) is 8.86. The minimum Gasteiger partial charge on any atom is -0.351 e. The third-order valence-corrected chi connectivity index (χ3v) is 6.20. The van der Waals surface area contributed by atoms with Crippen molar-refractivity contribution in [1.82, 2.24) is 15.0 Å². The zero-order valence-electron chi connectivity index (χ0n) is 18.0. The molecule has 1 aromatic heterocycles. The molecule has 0 aliphatic heterocycles. The molecule has 11 nitrogen and oxygen atoms in total. The summed E-state index contributed by atoms with van der Waals surface area (Å²) in [7, 11) is -4.01. The average Bonchev–Trinajstić information content (AvgIpc) is 2.83. The largest absolute Gasteiger partial charge is 0.351 e. The van der Waals surface area contributed by atoms with Gasteiger partial charge in [-0.05, 0) is 36.8 Å². The number of non-ortho nitro benzene ring substituents is 1. The van der Waals surface area contributed by atoms with Gasteiger partial charge in [0.15, 0.2) is 0 Å². The highest BCUT2D eigenvalue weighted by Crippen LogP contribution is 2.21. The lowest BCUT2D eigenvalue weighted by atomic mass is 10.1. The molecule has 0 bridgehead atoms. The summed E-state index contributed by atoms with van der Waals surface area (Å²) >= 11 is 0. The van der Waals surface area contributed by atoms with Crippen molar-refractivity contribution in [1.29, 1.82) is 0 Å². The maximum Gasteiger partial charge on any atom is 0.270 e. The Morgan fingerprint density at radius 3 is 2.41 bits per heavy atom. The van der Waals surface area contributed by atoms with E-state index >= 15 is 0 Å². The molecule has 3 N–H and O–H groups in total. The van der Waals surface area contributed by atoms with Crippen LogP contribution in [-0.4, -0.2) is 43.2 Å². The van der Waals surface area contributed by atoms with E-state index < -0.39 is 26.8 Å². The highest BCUT2D eigenvalue weighted by atomic mass is 32.2.